The van der Waals surface area contributed by atoms with Crippen LogP contribution in [0, 0.1) is 0 Å². The Balaban J connectivity index is 2.12. The molecular weight excluding hydrogens is 276 g/mol. The summed E-state index contributed by atoms with van der Waals surface area (Å²) in [4.78, 5) is 4.21. The Labute approximate surface area is 123 Å². The quantitative estimate of drug-likeness (QED) is 0.889. The van der Waals surface area contributed by atoms with E-state index < -0.39 is 0 Å². The van der Waals surface area contributed by atoms with Gasteiger partial charge >= 0.3 is 0 Å². The lowest BCUT2D eigenvalue weighted by atomic mass is 10.1. The van der Waals surface area contributed by atoms with Crippen LogP contribution in [-0.4, -0.2) is 14.8 Å². The Morgan fingerprint density at radius 1 is 1.45 bits per heavy atom. The highest BCUT2D eigenvalue weighted by Gasteiger charge is 2.11. The number of ether oxygens (including phenoxy) is 1. The number of halogens is 1. The molecule has 0 aliphatic heterocycles. The molecule has 1 atom stereocenters. The van der Waals surface area contributed by atoms with Gasteiger partial charge in [0, 0.05) is 23.2 Å². The second-order valence-electron chi connectivity index (χ2n) is 4.66. The first-order valence-corrected chi connectivity index (χ1v) is 7.04. The van der Waals surface area contributed by atoms with Gasteiger partial charge in [0.05, 0.1) is 0 Å². The van der Waals surface area contributed by atoms with Crippen molar-refractivity contribution in [2.45, 2.75) is 39.5 Å². The third kappa shape index (κ3) is 3.49. The zero-order valence-electron chi connectivity index (χ0n) is 11.7. The molecule has 1 heterocycles. The summed E-state index contributed by atoms with van der Waals surface area (Å²) < 4.78 is 7.67. The first kappa shape index (κ1) is 14.8. The molecule has 0 amide bonds. The van der Waals surface area contributed by atoms with Crippen LogP contribution in [-0.2, 0) is 13.2 Å². The molecule has 0 saturated carbocycles. The molecule has 0 fully saturated rings. The molecule has 20 heavy (non-hydrogen) atoms. The van der Waals surface area contributed by atoms with Crippen molar-refractivity contribution in [1.82, 2.24) is 14.8 Å². The van der Waals surface area contributed by atoms with Crippen LogP contribution in [0.4, 0.5) is 0 Å². The lowest BCUT2D eigenvalue weighted by Gasteiger charge is -2.14. The van der Waals surface area contributed by atoms with Gasteiger partial charge in [0.15, 0.2) is 5.82 Å². The van der Waals surface area contributed by atoms with Crippen molar-refractivity contribution in [3.8, 4) is 5.75 Å². The van der Waals surface area contributed by atoms with E-state index in [0.717, 1.165) is 30.1 Å². The van der Waals surface area contributed by atoms with Gasteiger partial charge in [-0.05, 0) is 31.5 Å². The Morgan fingerprint density at radius 3 is 2.95 bits per heavy atom. The normalized spacial score (nSPS) is 12.4. The highest BCUT2D eigenvalue weighted by Crippen LogP contribution is 2.27. The number of hydrogen-bond acceptors (Lipinski definition) is 4. The minimum atomic E-state index is -0.141. The fourth-order valence-electron chi connectivity index (χ4n) is 1.95. The number of rotatable bonds is 6. The predicted octanol–water partition coefficient (Wildman–Crippen LogP) is 2.94. The number of aromatic nitrogens is 3. The van der Waals surface area contributed by atoms with E-state index in [1.807, 2.05) is 23.7 Å². The molecule has 0 aliphatic rings. The maximum Gasteiger partial charge on any atom is 0.164 e. The molecule has 0 spiro atoms. The summed E-state index contributed by atoms with van der Waals surface area (Å²) in [5.41, 5.74) is 6.83. The SMILES string of the molecule is CCCn1ncnc1COc1ccc(Cl)cc1[C@H](C)N. The molecule has 6 heteroatoms. The summed E-state index contributed by atoms with van der Waals surface area (Å²) in [6.07, 6.45) is 2.55. The summed E-state index contributed by atoms with van der Waals surface area (Å²) in [6.45, 7) is 5.19. The first-order valence-electron chi connectivity index (χ1n) is 6.66. The molecule has 1 aromatic carbocycles. The summed E-state index contributed by atoms with van der Waals surface area (Å²) in [5.74, 6) is 1.54. The van der Waals surface area contributed by atoms with Crippen molar-refractivity contribution < 1.29 is 4.74 Å². The van der Waals surface area contributed by atoms with Gasteiger partial charge in [0.2, 0.25) is 0 Å². The van der Waals surface area contributed by atoms with Crippen molar-refractivity contribution in [3.63, 3.8) is 0 Å². The Morgan fingerprint density at radius 2 is 2.25 bits per heavy atom. The van der Waals surface area contributed by atoms with Gasteiger partial charge in [-0.25, -0.2) is 9.67 Å². The number of hydrogen-bond donors (Lipinski definition) is 1. The molecule has 2 aromatic rings. The molecule has 0 radical (unpaired) electrons. The van der Waals surface area contributed by atoms with Crippen LogP contribution in [0.5, 0.6) is 5.75 Å². The van der Waals surface area contributed by atoms with Crippen LogP contribution in [0.1, 0.15) is 37.7 Å². The topological polar surface area (TPSA) is 66.0 Å². The summed E-state index contributed by atoms with van der Waals surface area (Å²) in [5, 5.41) is 4.82. The Hall–Kier alpha value is -1.59. The zero-order valence-corrected chi connectivity index (χ0v) is 12.5. The van der Waals surface area contributed by atoms with Crippen molar-refractivity contribution in [3.05, 3.63) is 40.9 Å². The minimum absolute atomic E-state index is 0.141. The summed E-state index contributed by atoms with van der Waals surface area (Å²) >= 11 is 5.99. The lowest BCUT2D eigenvalue weighted by molar-refractivity contribution is 0.282. The minimum Gasteiger partial charge on any atom is -0.485 e. The van der Waals surface area contributed by atoms with E-state index in [1.54, 1.807) is 12.4 Å². The van der Waals surface area contributed by atoms with Gasteiger partial charge in [-0.15, -0.1) is 0 Å². The lowest BCUT2D eigenvalue weighted by Crippen LogP contribution is -2.11. The maximum atomic E-state index is 5.99. The molecule has 0 unspecified atom stereocenters. The monoisotopic (exact) mass is 294 g/mol. The highest BCUT2D eigenvalue weighted by molar-refractivity contribution is 6.30. The van der Waals surface area contributed by atoms with Crippen LogP contribution < -0.4 is 10.5 Å². The molecule has 0 saturated heterocycles. The number of nitrogens with two attached hydrogens (primary N) is 1. The van der Waals surface area contributed by atoms with Crippen molar-refractivity contribution in [2.75, 3.05) is 0 Å². The fraction of sp³-hybridized carbons (Fsp3) is 0.429. The van der Waals surface area contributed by atoms with E-state index in [4.69, 9.17) is 22.1 Å². The van der Waals surface area contributed by atoms with Crippen LogP contribution >= 0.6 is 11.6 Å². The van der Waals surface area contributed by atoms with Gasteiger partial charge in [0.1, 0.15) is 18.7 Å². The molecule has 2 rings (SSSR count). The van der Waals surface area contributed by atoms with Gasteiger partial charge in [-0.2, -0.15) is 5.10 Å². The van der Waals surface area contributed by atoms with E-state index in [1.165, 1.54) is 0 Å². The van der Waals surface area contributed by atoms with Gasteiger partial charge in [-0.1, -0.05) is 18.5 Å². The molecule has 0 bridgehead atoms. The van der Waals surface area contributed by atoms with E-state index in [2.05, 4.69) is 17.0 Å². The number of nitrogens with zero attached hydrogens (tertiary/aromatic N) is 3. The third-order valence-electron chi connectivity index (χ3n) is 2.95. The Kier molecular flexibility index (Phi) is 4.98. The number of benzene rings is 1. The Bertz CT molecular complexity index is 568. The van der Waals surface area contributed by atoms with Crippen molar-refractivity contribution in [1.29, 1.82) is 0 Å². The average Bonchev–Trinajstić information content (AvgIpc) is 2.85. The van der Waals surface area contributed by atoms with Crippen LogP contribution in [0.25, 0.3) is 0 Å². The standard InChI is InChI=1S/C14H19ClN4O/c1-3-6-19-14(17-9-18-19)8-20-13-5-4-11(15)7-12(13)10(2)16/h4-5,7,9-10H,3,6,8,16H2,1-2H3/t10-/m0/s1. The predicted molar refractivity (Wildman–Crippen MR) is 78.7 cm³/mol. The van der Waals surface area contributed by atoms with Crippen LogP contribution in [0.15, 0.2) is 24.5 Å². The van der Waals surface area contributed by atoms with Crippen LogP contribution in [0.3, 0.4) is 0 Å². The molecule has 108 valence electrons. The van der Waals surface area contributed by atoms with Crippen LogP contribution in [0.2, 0.25) is 5.02 Å². The maximum absolute atomic E-state index is 5.99. The van der Waals surface area contributed by atoms with E-state index in [0.29, 0.717) is 11.6 Å². The number of aryl methyl sites for hydroxylation is 1. The zero-order chi connectivity index (χ0) is 14.5. The molecule has 2 N–H and O–H groups in total. The van der Waals surface area contributed by atoms with Crippen molar-refractivity contribution >= 4 is 11.6 Å². The van der Waals surface area contributed by atoms with E-state index in [-0.39, 0.29) is 6.04 Å². The van der Waals surface area contributed by atoms with Gasteiger partial charge in [0.25, 0.3) is 0 Å². The molecular formula is C14H19ClN4O. The molecule has 0 aliphatic carbocycles. The van der Waals surface area contributed by atoms with E-state index in [9.17, 15) is 0 Å². The second-order valence-corrected chi connectivity index (χ2v) is 5.10. The van der Waals surface area contributed by atoms with Gasteiger partial charge in [-0.3, -0.25) is 0 Å². The smallest absolute Gasteiger partial charge is 0.164 e. The average molecular weight is 295 g/mol. The van der Waals surface area contributed by atoms with Gasteiger partial charge < -0.3 is 10.5 Å². The fourth-order valence-corrected chi connectivity index (χ4v) is 2.13. The third-order valence-corrected chi connectivity index (χ3v) is 3.19. The highest BCUT2D eigenvalue weighted by atomic mass is 35.5. The first-order chi connectivity index (χ1) is 9.61. The second kappa shape index (κ2) is 6.72. The molecule has 1 aromatic heterocycles. The van der Waals surface area contributed by atoms with Crippen molar-refractivity contribution in [2.24, 2.45) is 5.73 Å². The molecule has 5 nitrogen and oxygen atoms in total. The summed E-state index contributed by atoms with van der Waals surface area (Å²) in [7, 11) is 0. The van der Waals surface area contributed by atoms with E-state index >= 15 is 0 Å². The largest absolute Gasteiger partial charge is 0.485 e. The summed E-state index contributed by atoms with van der Waals surface area (Å²) in [6, 6.07) is 5.32.